The van der Waals surface area contributed by atoms with Gasteiger partial charge >= 0.3 is 12.0 Å². The van der Waals surface area contributed by atoms with Crippen molar-refractivity contribution in [2.24, 2.45) is 11.0 Å². The molecule has 1 heterocycles. The van der Waals surface area contributed by atoms with Crippen molar-refractivity contribution in [3.8, 4) is 0 Å². The Labute approximate surface area is 185 Å². The van der Waals surface area contributed by atoms with Crippen LogP contribution in [0.15, 0.2) is 53.6 Å². The van der Waals surface area contributed by atoms with Crippen LogP contribution in [0.5, 0.6) is 0 Å². The Morgan fingerprint density at radius 2 is 1.73 bits per heavy atom. The molecule has 8 heteroatoms. The highest BCUT2D eigenvalue weighted by Crippen LogP contribution is 2.26. The van der Waals surface area contributed by atoms with E-state index in [2.05, 4.69) is 10.4 Å². The van der Waals surface area contributed by atoms with Gasteiger partial charge in [0.15, 0.2) is 0 Å². The number of nitrogens with one attached hydrogen (secondary N) is 1. The van der Waals surface area contributed by atoms with Gasteiger partial charge in [-0.15, -0.1) is 0 Å². The minimum absolute atomic E-state index is 0.0107. The first-order valence-corrected chi connectivity index (χ1v) is 10.6. The quantitative estimate of drug-likeness (QED) is 0.561. The second kappa shape index (κ2) is 10.5. The third-order valence-corrected chi connectivity index (χ3v) is 5.22. The molecule has 1 aliphatic heterocycles. The van der Waals surface area contributed by atoms with E-state index in [1.807, 2.05) is 12.1 Å². The van der Waals surface area contributed by atoms with Crippen molar-refractivity contribution < 1.29 is 14.3 Å². The summed E-state index contributed by atoms with van der Waals surface area (Å²) < 4.78 is 5.00. The van der Waals surface area contributed by atoms with Gasteiger partial charge in [0.05, 0.1) is 18.9 Å². The van der Waals surface area contributed by atoms with Crippen molar-refractivity contribution in [3.05, 3.63) is 64.1 Å². The number of esters is 1. The third kappa shape index (κ3) is 5.97. The van der Waals surface area contributed by atoms with Crippen LogP contribution in [-0.4, -0.2) is 35.9 Å². The van der Waals surface area contributed by atoms with Gasteiger partial charge in [-0.25, -0.2) is 9.80 Å². The number of nitrogens with zero attached hydrogens (tertiary/aromatic N) is 2. The molecule has 2 amide bonds. The van der Waals surface area contributed by atoms with Crippen LogP contribution in [0.1, 0.15) is 31.7 Å². The zero-order chi connectivity index (χ0) is 21.5. The van der Waals surface area contributed by atoms with E-state index < -0.39 is 0 Å². The van der Waals surface area contributed by atoms with E-state index in [4.69, 9.17) is 27.9 Å². The van der Waals surface area contributed by atoms with Crippen molar-refractivity contribution in [1.82, 2.24) is 5.01 Å². The van der Waals surface area contributed by atoms with Gasteiger partial charge in [0.25, 0.3) is 0 Å². The summed E-state index contributed by atoms with van der Waals surface area (Å²) in [5.41, 5.74) is 2.35. The topological polar surface area (TPSA) is 71.0 Å². The van der Waals surface area contributed by atoms with E-state index in [-0.39, 0.29) is 17.9 Å². The lowest BCUT2D eigenvalue weighted by Crippen LogP contribution is -2.30. The highest BCUT2D eigenvalue weighted by atomic mass is 35.5. The summed E-state index contributed by atoms with van der Waals surface area (Å²) in [6, 6.07) is 13.9. The second-order valence-electron chi connectivity index (χ2n) is 6.91. The number of hydrazone groups is 1. The molecule has 0 aromatic heterocycles. The molecule has 0 spiro atoms. The van der Waals surface area contributed by atoms with Crippen molar-refractivity contribution in [2.75, 3.05) is 18.5 Å². The molecule has 2 aromatic carbocycles. The highest BCUT2D eigenvalue weighted by molar-refractivity contribution is 6.31. The summed E-state index contributed by atoms with van der Waals surface area (Å²) in [5, 5.41) is 10.1. The summed E-state index contributed by atoms with van der Waals surface area (Å²) in [4.78, 5) is 24.4. The standard InChI is InChI=1S/C22H23Cl2N3O3/c1-2-30-20(28)5-3-4-16-14-27(22(29)25-19-12-10-18(24)11-13-19)26-21(16)15-6-8-17(23)9-7-15/h6-13,16H,2-5,14H2,1H3,(H,25,29). The maximum absolute atomic E-state index is 12.7. The van der Waals surface area contributed by atoms with E-state index in [0.29, 0.717) is 48.1 Å². The van der Waals surface area contributed by atoms with E-state index in [1.165, 1.54) is 5.01 Å². The normalized spacial score (nSPS) is 15.6. The first-order valence-electron chi connectivity index (χ1n) is 9.80. The number of carbonyl (C=O) groups excluding carboxylic acids is 2. The molecule has 0 fully saturated rings. The molecule has 1 unspecified atom stereocenters. The van der Waals surface area contributed by atoms with Crippen LogP contribution in [0.25, 0.3) is 0 Å². The van der Waals surface area contributed by atoms with Crippen LogP contribution in [0.2, 0.25) is 10.0 Å². The molecule has 1 aliphatic rings. The number of benzene rings is 2. The molecule has 1 N–H and O–H groups in total. The van der Waals surface area contributed by atoms with Crippen molar-refractivity contribution in [2.45, 2.75) is 26.2 Å². The number of hydrogen-bond donors (Lipinski definition) is 1. The Balaban J connectivity index is 1.71. The van der Waals surface area contributed by atoms with Gasteiger partial charge < -0.3 is 10.1 Å². The fraction of sp³-hybridized carbons (Fsp3) is 0.318. The van der Waals surface area contributed by atoms with Gasteiger partial charge in [-0.3, -0.25) is 4.79 Å². The van der Waals surface area contributed by atoms with E-state index in [0.717, 1.165) is 11.3 Å². The molecule has 1 atom stereocenters. The zero-order valence-electron chi connectivity index (χ0n) is 16.6. The minimum Gasteiger partial charge on any atom is -0.466 e. The Bertz CT molecular complexity index is 914. The largest absolute Gasteiger partial charge is 0.466 e. The molecular formula is C22H23Cl2N3O3. The summed E-state index contributed by atoms with van der Waals surface area (Å²) in [6.07, 6.45) is 1.71. The SMILES string of the molecule is CCOC(=O)CCCC1CN(C(=O)Nc2ccc(Cl)cc2)N=C1c1ccc(Cl)cc1. The van der Waals surface area contributed by atoms with Gasteiger partial charge in [-0.1, -0.05) is 35.3 Å². The molecule has 0 aliphatic carbocycles. The number of rotatable bonds is 7. The predicted octanol–water partition coefficient (Wildman–Crippen LogP) is 5.59. The molecule has 0 radical (unpaired) electrons. The van der Waals surface area contributed by atoms with Crippen molar-refractivity contribution in [1.29, 1.82) is 0 Å². The number of urea groups is 1. The summed E-state index contributed by atoms with van der Waals surface area (Å²) >= 11 is 11.9. The number of amides is 2. The van der Waals surface area contributed by atoms with Crippen LogP contribution in [0.4, 0.5) is 10.5 Å². The Morgan fingerprint density at radius 1 is 1.10 bits per heavy atom. The molecule has 0 saturated carbocycles. The summed E-state index contributed by atoms with van der Waals surface area (Å²) in [6.45, 7) is 2.59. The van der Waals surface area contributed by atoms with Gasteiger partial charge in [0.2, 0.25) is 0 Å². The highest BCUT2D eigenvalue weighted by Gasteiger charge is 2.31. The van der Waals surface area contributed by atoms with Crippen LogP contribution < -0.4 is 5.32 Å². The number of halogens is 2. The second-order valence-corrected chi connectivity index (χ2v) is 7.78. The Kier molecular flexibility index (Phi) is 7.71. The predicted molar refractivity (Wildman–Crippen MR) is 119 cm³/mol. The average molecular weight is 448 g/mol. The molecule has 158 valence electrons. The van der Waals surface area contributed by atoms with E-state index >= 15 is 0 Å². The summed E-state index contributed by atoms with van der Waals surface area (Å²) in [7, 11) is 0. The monoisotopic (exact) mass is 447 g/mol. The minimum atomic E-state index is -0.323. The molecule has 30 heavy (non-hydrogen) atoms. The molecule has 0 saturated heterocycles. The smallest absolute Gasteiger partial charge is 0.342 e. The third-order valence-electron chi connectivity index (χ3n) is 4.72. The van der Waals surface area contributed by atoms with Gasteiger partial charge in [-0.2, -0.15) is 5.10 Å². The zero-order valence-corrected chi connectivity index (χ0v) is 18.1. The Hall–Kier alpha value is -2.57. The van der Waals surface area contributed by atoms with Gasteiger partial charge in [0.1, 0.15) is 0 Å². The van der Waals surface area contributed by atoms with Crippen LogP contribution in [-0.2, 0) is 9.53 Å². The fourth-order valence-electron chi connectivity index (χ4n) is 3.27. The summed E-state index contributed by atoms with van der Waals surface area (Å²) in [5.74, 6) is -0.200. The van der Waals surface area contributed by atoms with E-state index in [1.54, 1.807) is 43.3 Å². The first kappa shape index (κ1) is 22.1. The number of anilines is 1. The maximum Gasteiger partial charge on any atom is 0.342 e. The molecule has 3 rings (SSSR count). The molecule has 0 bridgehead atoms. The lowest BCUT2D eigenvalue weighted by molar-refractivity contribution is -0.143. The molecule has 2 aromatic rings. The van der Waals surface area contributed by atoms with Crippen molar-refractivity contribution in [3.63, 3.8) is 0 Å². The van der Waals surface area contributed by atoms with E-state index in [9.17, 15) is 9.59 Å². The number of ether oxygens (including phenoxy) is 1. The Morgan fingerprint density at radius 3 is 2.37 bits per heavy atom. The van der Waals surface area contributed by atoms with Crippen LogP contribution in [0.3, 0.4) is 0 Å². The lowest BCUT2D eigenvalue weighted by Gasteiger charge is -2.15. The molecule has 6 nitrogen and oxygen atoms in total. The van der Waals surface area contributed by atoms with Crippen LogP contribution >= 0.6 is 23.2 Å². The van der Waals surface area contributed by atoms with Gasteiger partial charge in [-0.05, 0) is 61.7 Å². The maximum atomic E-state index is 12.7. The fourth-order valence-corrected chi connectivity index (χ4v) is 3.52. The average Bonchev–Trinajstić information content (AvgIpc) is 3.15. The van der Waals surface area contributed by atoms with Crippen LogP contribution in [0, 0.1) is 5.92 Å². The van der Waals surface area contributed by atoms with Gasteiger partial charge in [0, 0.05) is 28.1 Å². The lowest BCUT2D eigenvalue weighted by atomic mass is 9.92. The first-order chi connectivity index (χ1) is 14.5. The molecular weight excluding hydrogens is 425 g/mol. The number of carbonyl (C=O) groups is 2. The van der Waals surface area contributed by atoms with Crippen molar-refractivity contribution >= 4 is 46.6 Å². The number of hydrogen-bond acceptors (Lipinski definition) is 4.